The Morgan fingerprint density at radius 1 is 1.62 bits per heavy atom. The van der Waals surface area contributed by atoms with Crippen LogP contribution in [0.3, 0.4) is 0 Å². The van der Waals surface area contributed by atoms with Crippen molar-refractivity contribution in [1.82, 2.24) is 15.4 Å². The van der Waals surface area contributed by atoms with Crippen LogP contribution < -0.4 is 5.32 Å². The minimum Gasteiger partial charge on any atom is -0.360 e. The Morgan fingerprint density at radius 3 is 3.19 bits per heavy atom. The summed E-state index contributed by atoms with van der Waals surface area (Å²) in [5, 5.41) is 7.34. The number of nitrogens with one attached hydrogen (secondary N) is 1. The van der Waals surface area contributed by atoms with Gasteiger partial charge in [0.25, 0.3) is 0 Å². The van der Waals surface area contributed by atoms with Gasteiger partial charge < -0.3 is 9.84 Å². The summed E-state index contributed by atoms with van der Waals surface area (Å²) in [5.74, 6) is 0.962. The minimum absolute atomic E-state index is 0.568. The molecule has 0 saturated carbocycles. The zero-order chi connectivity index (χ0) is 11.4. The minimum atomic E-state index is 0.568. The van der Waals surface area contributed by atoms with Gasteiger partial charge in [-0.1, -0.05) is 18.5 Å². The molecule has 4 heteroatoms. The molecule has 1 saturated heterocycles. The van der Waals surface area contributed by atoms with Gasteiger partial charge in [0.05, 0.1) is 12.7 Å². The molecule has 1 N–H and O–H groups in total. The van der Waals surface area contributed by atoms with Crippen molar-refractivity contribution in [3.63, 3.8) is 0 Å². The highest BCUT2D eigenvalue weighted by Gasteiger charge is 2.24. The van der Waals surface area contributed by atoms with E-state index in [1.54, 1.807) is 6.20 Å². The molecule has 0 radical (unpaired) electrons. The Hall–Kier alpha value is -0.870. The number of rotatable bonds is 4. The predicted octanol–water partition coefficient (Wildman–Crippen LogP) is 1.64. The van der Waals surface area contributed by atoms with Crippen molar-refractivity contribution in [2.75, 3.05) is 13.1 Å². The highest BCUT2D eigenvalue weighted by atomic mass is 16.5. The summed E-state index contributed by atoms with van der Waals surface area (Å²) in [6.07, 6.45) is 4.20. The molecule has 2 unspecified atom stereocenters. The van der Waals surface area contributed by atoms with Gasteiger partial charge in [-0.2, -0.15) is 0 Å². The van der Waals surface area contributed by atoms with Gasteiger partial charge in [-0.3, -0.25) is 4.90 Å². The highest BCUT2D eigenvalue weighted by Crippen LogP contribution is 2.14. The normalized spacial score (nSPS) is 27.1. The Kier molecular flexibility index (Phi) is 3.96. The molecule has 90 valence electrons. The van der Waals surface area contributed by atoms with Crippen molar-refractivity contribution >= 4 is 0 Å². The van der Waals surface area contributed by atoms with Crippen LogP contribution in [0.1, 0.15) is 32.4 Å². The summed E-state index contributed by atoms with van der Waals surface area (Å²) in [6.45, 7) is 7.55. The third kappa shape index (κ3) is 2.83. The van der Waals surface area contributed by atoms with Crippen LogP contribution in [0.15, 0.2) is 16.8 Å². The maximum Gasteiger partial charge on any atom is 0.150 e. The van der Waals surface area contributed by atoms with Crippen LogP contribution in [0.5, 0.6) is 0 Å². The maximum atomic E-state index is 5.17. The van der Waals surface area contributed by atoms with Crippen molar-refractivity contribution in [3.8, 4) is 0 Å². The molecule has 1 fully saturated rings. The lowest BCUT2D eigenvalue weighted by Crippen LogP contribution is -2.54. The van der Waals surface area contributed by atoms with E-state index in [2.05, 4.69) is 29.2 Å². The molecule has 0 bridgehead atoms. The first kappa shape index (κ1) is 11.6. The number of hydrogen-bond donors (Lipinski definition) is 1. The van der Waals surface area contributed by atoms with Crippen LogP contribution in [0.2, 0.25) is 0 Å². The molecule has 0 amide bonds. The SMILES string of the molecule is CCCC1CN(Cc2ccno2)C(C)CN1. The molecule has 0 spiro atoms. The lowest BCUT2D eigenvalue weighted by Gasteiger charge is -2.38. The van der Waals surface area contributed by atoms with Gasteiger partial charge in [0, 0.05) is 31.2 Å². The van der Waals surface area contributed by atoms with Gasteiger partial charge >= 0.3 is 0 Å². The lowest BCUT2D eigenvalue weighted by atomic mass is 10.1. The summed E-state index contributed by atoms with van der Waals surface area (Å²) in [7, 11) is 0. The molecular formula is C12H21N3O. The second-order valence-electron chi connectivity index (χ2n) is 4.65. The lowest BCUT2D eigenvalue weighted by molar-refractivity contribution is 0.117. The molecule has 4 nitrogen and oxygen atoms in total. The second kappa shape index (κ2) is 5.46. The van der Waals surface area contributed by atoms with Gasteiger partial charge in [-0.25, -0.2) is 0 Å². The van der Waals surface area contributed by atoms with Gasteiger partial charge in [0.2, 0.25) is 0 Å². The van der Waals surface area contributed by atoms with E-state index in [9.17, 15) is 0 Å². The van der Waals surface area contributed by atoms with Crippen molar-refractivity contribution in [2.24, 2.45) is 0 Å². The van der Waals surface area contributed by atoms with Crippen LogP contribution in [0, 0.1) is 0 Å². The quantitative estimate of drug-likeness (QED) is 0.842. The molecule has 1 aromatic heterocycles. The third-order valence-electron chi connectivity index (χ3n) is 3.27. The average molecular weight is 223 g/mol. The molecule has 0 aliphatic carbocycles. The largest absolute Gasteiger partial charge is 0.360 e. The molecule has 16 heavy (non-hydrogen) atoms. The summed E-state index contributed by atoms with van der Waals surface area (Å²) in [4.78, 5) is 2.47. The first-order valence-electron chi connectivity index (χ1n) is 6.16. The van der Waals surface area contributed by atoms with Crippen LogP contribution in [0.25, 0.3) is 0 Å². The maximum absolute atomic E-state index is 5.17. The van der Waals surface area contributed by atoms with Gasteiger partial charge in [0.15, 0.2) is 5.76 Å². The van der Waals surface area contributed by atoms with Crippen molar-refractivity contribution in [2.45, 2.75) is 45.3 Å². The fourth-order valence-corrected chi connectivity index (χ4v) is 2.28. The third-order valence-corrected chi connectivity index (χ3v) is 3.27. The van der Waals surface area contributed by atoms with Crippen LogP contribution in [-0.4, -0.2) is 35.2 Å². The first-order valence-corrected chi connectivity index (χ1v) is 6.16. The number of aromatic nitrogens is 1. The summed E-state index contributed by atoms with van der Waals surface area (Å²) in [5.41, 5.74) is 0. The topological polar surface area (TPSA) is 41.3 Å². The summed E-state index contributed by atoms with van der Waals surface area (Å²) in [6, 6.07) is 3.14. The van der Waals surface area contributed by atoms with E-state index in [0.29, 0.717) is 12.1 Å². The number of nitrogens with zero attached hydrogens (tertiary/aromatic N) is 2. The Bertz CT molecular complexity index is 299. The summed E-state index contributed by atoms with van der Waals surface area (Å²) >= 11 is 0. The second-order valence-corrected chi connectivity index (χ2v) is 4.65. The van der Waals surface area contributed by atoms with E-state index in [-0.39, 0.29) is 0 Å². The predicted molar refractivity (Wildman–Crippen MR) is 63.1 cm³/mol. The molecular weight excluding hydrogens is 202 g/mol. The summed E-state index contributed by atoms with van der Waals surface area (Å²) < 4.78 is 5.17. The number of piperazine rings is 1. The van der Waals surface area contributed by atoms with E-state index in [1.165, 1.54) is 12.8 Å². The zero-order valence-electron chi connectivity index (χ0n) is 10.1. The van der Waals surface area contributed by atoms with E-state index >= 15 is 0 Å². The zero-order valence-corrected chi connectivity index (χ0v) is 10.1. The Morgan fingerprint density at radius 2 is 2.50 bits per heavy atom. The smallest absolute Gasteiger partial charge is 0.150 e. The Labute approximate surface area is 97.0 Å². The standard InChI is InChI=1S/C12H21N3O/c1-3-4-11-8-15(10(2)7-13-11)9-12-5-6-14-16-12/h5-6,10-11,13H,3-4,7-9H2,1-2H3. The fourth-order valence-electron chi connectivity index (χ4n) is 2.28. The molecule has 0 aromatic carbocycles. The van der Waals surface area contributed by atoms with E-state index in [0.717, 1.165) is 25.4 Å². The molecule has 1 aliphatic rings. The van der Waals surface area contributed by atoms with E-state index in [4.69, 9.17) is 4.52 Å². The molecule has 2 heterocycles. The molecule has 2 rings (SSSR count). The van der Waals surface area contributed by atoms with Gasteiger partial charge in [-0.15, -0.1) is 0 Å². The van der Waals surface area contributed by atoms with E-state index in [1.807, 2.05) is 6.07 Å². The molecule has 1 aliphatic heterocycles. The molecule has 2 atom stereocenters. The van der Waals surface area contributed by atoms with Crippen molar-refractivity contribution in [1.29, 1.82) is 0 Å². The van der Waals surface area contributed by atoms with E-state index < -0.39 is 0 Å². The number of hydrogen-bond acceptors (Lipinski definition) is 4. The van der Waals surface area contributed by atoms with Crippen molar-refractivity contribution < 1.29 is 4.52 Å². The molecule has 1 aromatic rings. The van der Waals surface area contributed by atoms with Gasteiger partial charge in [-0.05, 0) is 13.3 Å². The first-order chi connectivity index (χ1) is 7.79. The van der Waals surface area contributed by atoms with Crippen LogP contribution >= 0.6 is 0 Å². The average Bonchev–Trinajstić information content (AvgIpc) is 2.76. The monoisotopic (exact) mass is 223 g/mol. The van der Waals surface area contributed by atoms with Crippen LogP contribution in [0.4, 0.5) is 0 Å². The van der Waals surface area contributed by atoms with Gasteiger partial charge in [0.1, 0.15) is 0 Å². The Balaban J connectivity index is 1.91. The van der Waals surface area contributed by atoms with Crippen LogP contribution in [-0.2, 0) is 6.54 Å². The highest BCUT2D eigenvalue weighted by molar-refractivity contribution is 4.95. The fraction of sp³-hybridized carbons (Fsp3) is 0.750. The van der Waals surface area contributed by atoms with Crippen molar-refractivity contribution in [3.05, 3.63) is 18.0 Å².